The quantitative estimate of drug-likeness (QED) is 0.891. The van der Waals surface area contributed by atoms with Crippen LogP contribution in [0.1, 0.15) is 72.1 Å². The van der Waals surface area contributed by atoms with Gasteiger partial charge in [-0.15, -0.1) is 0 Å². The van der Waals surface area contributed by atoms with Gasteiger partial charge in [0.15, 0.2) is 5.76 Å². The smallest absolute Gasteiger partial charge is 0.257 e. The van der Waals surface area contributed by atoms with Gasteiger partial charge in [0.25, 0.3) is 5.91 Å². The highest BCUT2D eigenvalue weighted by Crippen LogP contribution is 2.27. The van der Waals surface area contributed by atoms with E-state index in [0.717, 1.165) is 23.2 Å². The minimum Gasteiger partial charge on any atom is -0.360 e. The van der Waals surface area contributed by atoms with E-state index in [9.17, 15) is 9.59 Å². The van der Waals surface area contributed by atoms with E-state index in [2.05, 4.69) is 15.8 Å². The summed E-state index contributed by atoms with van der Waals surface area (Å²) < 4.78 is 5.30. The normalized spacial score (nSPS) is 14.8. The SMILES string of the molecule is Cc1noc(C(C)C)c1C(=O)N[C@@H](C)c1ccc2c(c1)CCC(=O)N2. The molecular formula is C19H23N3O3. The van der Waals surface area contributed by atoms with Crippen molar-refractivity contribution >= 4 is 17.5 Å². The van der Waals surface area contributed by atoms with Gasteiger partial charge in [0, 0.05) is 18.0 Å². The number of hydrogen-bond donors (Lipinski definition) is 2. The molecule has 1 aliphatic rings. The summed E-state index contributed by atoms with van der Waals surface area (Å²) in [7, 11) is 0. The first-order valence-corrected chi connectivity index (χ1v) is 8.56. The van der Waals surface area contributed by atoms with Gasteiger partial charge in [-0.2, -0.15) is 0 Å². The van der Waals surface area contributed by atoms with Crippen molar-refractivity contribution in [1.29, 1.82) is 0 Å². The summed E-state index contributed by atoms with van der Waals surface area (Å²) >= 11 is 0. The van der Waals surface area contributed by atoms with E-state index >= 15 is 0 Å². The van der Waals surface area contributed by atoms with Crippen LogP contribution in [0.25, 0.3) is 0 Å². The van der Waals surface area contributed by atoms with Gasteiger partial charge in [-0.05, 0) is 37.5 Å². The maximum atomic E-state index is 12.7. The molecule has 1 aromatic carbocycles. The molecule has 0 aliphatic carbocycles. The number of amides is 2. The summed E-state index contributed by atoms with van der Waals surface area (Å²) in [6, 6.07) is 5.71. The third kappa shape index (κ3) is 3.43. The predicted octanol–water partition coefficient (Wildman–Crippen LogP) is 3.48. The van der Waals surface area contributed by atoms with Crippen LogP contribution in [-0.4, -0.2) is 17.0 Å². The zero-order valence-electron chi connectivity index (χ0n) is 15.0. The van der Waals surface area contributed by atoms with Gasteiger partial charge in [0.2, 0.25) is 5.91 Å². The highest BCUT2D eigenvalue weighted by atomic mass is 16.5. The van der Waals surface area contributed by atoms with Gasteiger partial charge in [-0.1, -0.05) is 31.1 Å². The zero-order chi connectivity index (χ0) is 18.1. The second-order valence-electron chi connectivity index (χ2n) is 6.82. The summed E-state index contributed by atoms with van der Waals surface area (Å²) in [6.07, 6.45) is 1.22. The zero-order valence-corrected chi connectivity index (χ0v) is 15.0. The highest BCUT2D eigenvalue weighted by molar-refractivity contribution is 5.96. The van der Waals surface area contributed by atoms with Crippen molar-refractivity contribution < 1.29 is 14.1 Å². The molecule has 1 aliphatic heterocycles. The summed E-state index contributed by atoms with van der Waals surface area (Å²) in [5, 5.41) is 9.82. The number of carbonyl (C=O) groups excluding carboxylic acids is 2. The van der Waals surface area contributed by atoms with Crippen LogP contribution in [0.5, 0.6) is 0 Å². The number of nitrogens with one attached hydrogen (secondary N) is 2. The van der Waals surface area contributed by atoms with Crippen LogP contribution in [-0.2, 0) is 11.2 Å². The van der Waals surface area contributed by atoms with Crippen molar-refractivity contribution in [2.45, 2.75) is 52.5 Å². The fourth-order valence-corrected chi connectivity index (χ4v) is 3.08. The Morgan fingerprint density at radius 1 is 1.28 bits per heavy atom. The van der Waals surface area contributed by atoms with E-state index < -0.39 is 0 Å². The van der Waals surface area contributed by atoms with Gasteiger partial charge in [-0.25, -0.2) is 0 Å². The van der Waals surface area contributed by atoms with Crippen molar-refractivity contribution in [3.63, 3.8) is 0 Å². The lowest BCUT2D eigenvalue weighted by molar-refractivity contribution is -0.116. The number of anilines is 1. The van der Waals surface area contributed by atoms with Crippen LogP contribution in [0, 0.1) is 6.92 Å². The molecule has 0 bridgehead atoms. The van der Waals surface area contributed by atoms with Crippen LogP contribution in [0.3, 0.4) is 0 Å². The third-order valence-corrected chi connectivity index (χ3v) is 4.51. The molecule has 132 valence electrons. The first kappa shape index (κ1) is 17.2. The van der Waals surface area contributed by atoms with Gasteiger partial charge in [0.1, 0.15) is 5.56 Å². The fraction of sp³-hybridized carbons (Fsp3) is 0.421. The molecule has 0 spiro atoms. The van der Waals surface area contributed by atoms with Crippen molar-refractivity contribution in [2.24, 2.45) is 0 Å². The number of rotatable bonds is 4. The molecule has 1 atom stereocenters. The molecule has 2 heterocycles. The number of aromatic nitrogens is 1. The number of benzene rings is 1. The summed E-state index contributed by atoms with van der Waals surface area (Å²) in [4.78, 5) is 24.2. The molecular weight excluding hydrogens is 318 g/mol. The first-order valence-electron chi connectivity index (χ1n) is 8.56. The number of nitrogens with zero attached hydrogens (tertiary/aromatic N) is 1. The maximum absolute atomic E-state index is 12.7. The van der Waals surface area contributed by atoms with E-state index in [-0.39, 0.29) is 23.8 Å². The van der Waals surface area contributed by atoms with Crippen molar-refractivity contribution in [2.75, 3.05) is 5.32 Å². The Kier molecular flexibility index (Phi) is 4.61. The Balaban J connectivity index is 1.79. The van der Waals surface area contributed by atoms with Crippen molar-refractivity contribution in [3.8, 4) is 0 Å². The van der Waals surface area contributed by atoms with Gasteiger partial charge in [0.05, 0.1) is 11.7 Å². The highest BCUT2D eigenvalue weighted by Gasteiger charge is 2.24. The number of aryl methyl sites for hydroxylation is 2. The van der Waals surface area contributed by atoms with E-state index in [1.807, 2.05) is 39.0 Å². The Bertz CT molecular complexity index is 823. The molecule has 0 saturated heterocycles. The molecule has 6 nitrogen and oxygen atoms in total. The second-order valence-corrected chi connectivity index (χ2v) is 6.82. The van der Waals surface area contributed by atoms with E-state index in [4.69, 9.17) is 4.52 Å². The number of fused-ring (bicyclic) bond motifs is 1. The molecule has 3 rings (SSSR count). The molecule has 0 radical (unpaired) electrons. The fourth-order valence-electron chi connectivity index (χ4n) is 3.08. The monoisotopic (exact) mass is 341 g/mol. The average Bonchev–Trinajstić information content (AvgIpc) is 2.96. The Morgan fingerprint density at radius 3 is 2.76 bits per heavy atom. The molecule has 0 saturated carbocycles. The summed E-state index contributed by atoms with van der Waals surface area (Å²) in [6.45, 7) is 7.66. The minimum atomic E-state index is -0.180. The molecule has 2 N–H and O–H groups in total. The average molecular weight is 341 g/mol. The van der Waals surface area contributed by atoms with Crippen LogP contribution in [0.2, 0.25) is 0 Å². The van der Waals surface area contributed by atoms with Gasteiger partial charge < -0.3 is 15.2 Å². The Morgan fingerprint density at radius 2 is 2.04 bits per heavy atom. The van der Waals surface area contributed by atoms with Crippen LogP contribution in [0.4, 0.5) is 5.69 Å². The topological polar surface area (TPSA) is 84.2 Å². The molecule has 25 heavy (non-hydrogen) atoms. The Labute approximate surface area is 147 Å². The van der Waals surface area contributed by atoms with Crippen molar-refractivity contribution in [1.82, 2.24) is 10.5 Å². The lowest BCUT2D eigenvalue weighted by Gasteiger charge is -2.20. The largest absolute Gasteiger partial charge is 0.360 e. The molecule has 1 aromatic heterocycles. The maximum Gasteiger partial charge on any atom is 0.257 e. The van der Waals surface area contributed by atoms with E-state index in [1.165, 1.54) is 0 Å². The summed E-state index contributed by atoms with van der Waals surface area (Å²) in [5.41, 5.74) is 4.08. The van der Waals surface area contributed by atoms with E-state index in [0.29, 0.717) is 23.4 Å². The Hall–Kier alpha value is -2.63. The molecule has 2 aromatic rings. The summed E-state index contributed by atoms with van der Waals surface area (Å²) in [5.74, 6) is 0.562. The van der Waals surface area contributed by atoms with Crippen LogP contribution < -0.4 is 10.6 Å². The van der Waals surface area contributed by atoms with Gasteiger partial charge >= 0.3 is 0 Å². The predicted molar refractivity (Wildman–Crippen MR) is 94.6 cm³/mol. The minimum absolute atomic E-state index is 0.0470. The van der Waals surface area contributed by atoms with Gasteiger partial charge in [-0.3, -0.25) is 9.59 Å². The standard InChI is InChI=1S/C19H23N3O3/c1-10(2)18-17(12(4)22-25-18)19(24)20-11(3)13-5-7-15-14(9-13)6-8-16(23)21-15/h5,7,9-11H,6,8H2,1-4H3,(H,20,24)(H,21,23)/t11-/m0/s1. The number of carbonyl (C=O) groups is 2. The molecule has 2 amide bonds. The lowest BCUT2D eigenvalue weighted by atomic mass is 9.97. The van der Waals surface area contributed by atoms with E-state index in [1.54, 1.807) is 6.92 Å². The third-order valence-electron chi connectivity index (χ3n) is 4.51. The van der Waals surface area contributed by atoms with Crippen LogP contribution in [0.15, 0.2) is 22.7 Å². The second kappa shape index (κ2) is 6.70. The molecule has 0 unspecified atom stereocenters. The van der Waals surface area contributed by atoms with Crippen molar-refractivity contribution in [3.05, 3.63) is 46.3 Å². The molecule has 6 heteroatoms. The van der Waals surface area contributed by atoms with Crippen LogP contribution >= 0.6 is 0 Å². The lowest BCUT2D eigenvalue weighted by Crippen LogP contribution is -2.28. The molecule has 0 fully saturated rings. The first-order chi connectivity index (χ1) is 11.9. The number of hydrogen-bond acceptors (Lipinski definition) is 4.